The first-order valence-corrected chi connectivity index (χ1v) is 9.22. The molecule has 0 spiro atoms. The first-order chi connectivity index (χ1) is 13.5. The summed E-state index contributed by atoms with van der Waals surface area (Å²) in [4.78, 5) is 40.8. The van der Waals surface area contributed by atoms with Crippen LogP contribution in [0.2, 0.25) is 0 Å². The molecule has 8 heteroatoms. The number of nitrogens with zero attached hydrogens (tertiary/aromatic N) is 3. The molecule has 0 bridgehead atoms. The number of aromatic nitrogens is 2. The lowest BCUT2D eigenvalue weighted by atomic mass is 10.1. The van der Waals surface area contributed by atoms with Gasteiger partial charge < -0.3 is 0 Å². The zero-order chi connectivity index (χ0) is 19.7. The summed E-state index contributed by atoms with van der Waals surface area (Å²) in [5, 5.41) is 13.2. The Balaban J connectivity index is 1.73. The minimum Gasteiger partial charge on any atom is -0.292 e. The van der Waals surface area contributed by atoms with Gasteiger partial charge in [0.05, 0.1) is 23.2 Å². The Bertz CT molecular complexity index is 1260. The molecule has 28 heavy (non-hydrogen) atoms. The maximum Gasteiger partial charge on any atom is 0.270 e. The second kappa shape index (κ2) is 7.16. The van der Waals surface area contributed by atoms with Gasteiger partial charge >= 0.3 is 0 Å². The first kappa shape index (κ1) is 17.7. The predicted octanol–water partition coefficient (Wildman–Crippen LogP) is 3.92. The normalized spacial score (nSPS) is 10.9. The van der Waals surface area contributed by atoms with E-state index in [1.807, 2.05) is 35.7 Å². The van der Waals surface area contributed by atoms with Crippen LogP contribution >= 0.6 is 11.3 Å². The summed E-state index contributed by atoms with van der Waals surface area (Å²) in [5.74, 6) is -0.400. The van der Waals surface area contributed by atoms with Gasteiger partial charge in [-0.15, -0.1) is 11.3 Å². The van der Waals surface area contributed by atoms with E-state index in [4.69, 9.17) is 0 Å². The second-order valence-electron chi connectivity index (χ2n) is 6.10. The number of nitro benzene ring substituents is 1. The summed E-state index contributed by atoms with van der Waals surface area (Å²) in [7, 11) is 0. The number of benzene rings is 2. The molecule has 7 nitrogen and oxygen atoms in total. The molecule has 0 aliphatic rings. The van der Waals surface area contributed by atoms with Crippen LogP contribution in [0.25, 0.3) is 21.3 Å². The summed E-state index contributed by atoms with van der Waals surface area (Å²) >= 11 is 1.37. The van der Waals surface area contributed by atoms with E-state index in [-0.39, 0.29) is 23.4 Å². The van der Waals surface area contributed by atoms with Crippen LogP contribution in [0.3, 0.4) is 0 Å². The van der Waals surface area contributed by atoms with Gasteiger partial charge in [-0.3, -0.25) is 24.3 Å². The van der Waals surface area contributed by atoms with Crippen LogP contribution in [-0.4, -0.2) is 20.3 Å². The zero-order valence-corrected chi connectivity index (χ0v) is 15.3. The molecule has 0 saturated carbocycles. The molecule has 4 rings (SSSR count). The minimum atomic E-state index is -0.561. The average Bonchev–Trinajstić information content (AvgIpc) is 3.15. The topological polar surface area (TPSA) is 95.1 Å². The van der Waals surface area contributed by atoms with Crippen LogP contribution in [0.5, 0.6) is 0 Å². The lowest BCUT2D eigenvalue weighted by Gasteiger charge is -2.06. The molecule has 138 valence electrons. The average molecular weight is 391 g/mol. The highest BCUT2D eigenvalue weighted by atomic mass is 32.1. The fourth-order valence-electron chi connectivity index (χ4n) is 2.95. The van der Waals surface area contributed by atoms with Gasteiger partial charge in [-0.1, -0.05) is 42.5 Å². The quantitative estimate of drug-likeness (QED) is 0.292. The number of nitro groups is 1. The summed E-state index contributed by atoms with van der Waals surface area (Å²) in [6.45, 7) is -0.243. The predicted molar refractivity (Wildman–Crippen MR) is 107 cm³/mol. The van der Waals surface area contributed by atoms with E-state index >= 15 is 0 Å². The number of hydrogen-bond donors (Lipinski definition) is 0. The molecular formula is C20H13N3O4S. The largest absolute Gasteiger partial charge is 0.292 e. The maximum absolute atomic E-state index is 13.0. The Morgan fingerprint density at radius 3 is 2.68 bits per heavy atom. The van der Waals surface area contributed by atoms with Crippen molar-refractivity contribution in [2.45, 2.75) is 6.54 Å². The van der Waals surface area contributed by atoms with E-state index in [0.29, 0.717) is 10.2 Å². The monoisotopic (exact) mass is 391 g/mol. The van der Waals surface area contributed by atoms with Crippen molar-refractivity contribution in [1.82, 2.24) is 9.55 Å². The van der Waals surface area contributed by atoms with Crippen molar-refractivity contribution in [3.8, 4) is 11.1 Å². The van der Waals surface area contributed by atoms with Gasteiger partial charge in [0, 0.05) is 28.6 Å². The number of rotatable bonds is 5. The Hall–Kier alpha value is -3.65. The van der Waals surface area contributed by atoms with E-state index in [1.54, 1.807) is 0 Å². The molecule has 4 aromatic rings. The van der Waals surface area contributed by atoms with Crippen LogP contribution < -0.4 is 5.56 Å². The van der Waals surface area contributed by atoms with E-state index in [1.165, 1.54) is 46.5 Å². The third kappa shape index (κ3) is 3.21. The second-order valence-corrected chi connectivity index (χ2v) is 6.96. The minimum absolute atomic E-state index is 0.170. The molecule has 0 saturated heterocycles. The van der Waals surface area contributed by atoms with Crippen molar-refractivity contribution in [3.05, 3.63) is 92.3 Å². The van der Waals surface area contributed by atoms with Crippen LogP contribution in [0.1, 0.15) is 10.4 Å². The lowest BCUT2D eigenvalue weighted by Crippen LogP contribution is -2.24. The molecule has 2 heterocycles. The van der Waals surface area contributed by atoms with Gasteiger partial charge in [0.1, 0.15) is 4.83 Å². The van der Waals surface area contributed by atoms with E-state index in [2.05, 4.69) is 4.98 Å². The number of Topliss-reactive ketones (excluding diaryl/α,β-unsaturated/α-hetero) is 1. The number of non-ortho nitro benzene ring substituents is 1. The molecule has 2 aromatic carbocycles. The number of hydrogen-bond acceptors (Lipinski definition) is 6. The third-order valence-corrected chi connectivity index (χ3v) is 5.22. The number of thiophene rings is 1. The zero-order valence-electron chi connectivity index (χ0n) is 14.4. The molecule has 0 aliphatic carbocycles. The number of carbonyl (C=O) groups is 1. The van der Waals surface area contributed by atoms with Gasteiger partial charge in [-0.05, 0) is 5.56 Å². The fourth-order valence-corrected chi connectivity index (χ4v) is 3.86. The molecule has 0 N–H and O–H groups in total. The smallest absolute Gasteiger partial charge is 0.270 e. The van der Waals surface area contributed by atoms with Gasteiger partial charge in [0.25, 0.3) is 11.2 Å². The number of carbonyl (C=O) groups excluding carboxylic acids is 1. The Labute approximate surface area is 162 Å². The van der Waals surface area contributed by atoms with Crippen molar-refractivity contribution < 1.29 is 9.72 Å². The van der Waals surface area contributed by atoms with Gasteiger partial charge in [-0.2, -0.15) is 0 Å². The SMILES string of the molecule is O=C(Cn1cnc2scc(-c3ccccc3)c2c1=O)c1cccc([N+](=O)[O-])c1. The Morgan fingerprint density at radius 2 is 1.93 bits per heavy atom. The van der Waals surface area contributed by atoms with E-state index in [9.17, 15) is 19.7 Å². The van der Waals surface area contributed by atoms with Crippen molar-refractivity contribution in [2.75, 3.05) is 0 Å². The summed E-state index contributed by atoms with van der Waals surface area (Å²) in [5.41, 5.74) is 1.36. The molecule has 0 aliphatic heterocycles. The van der Waals surface area contributed by atoms with Crippen LogP contribution in [-0.2, 0) is 6.54 Å². The lowest BCUT2D eigenvalue weighted by molar-refractivity contribution is -0.384. The van der Waals surface area contributed by atoms with Crippen LogP contribution in [0, 0.1) is 10.1 Å². The van der Waals surface area contributed by atoms with Crippen molar-refractivity contribution >= 4 is 33.0 Å². The number of fused-ring (bicyclic) bond motifs is 1. The first-order valence-electron chi connectivity index (χ1n) is 8.34. The molecule has 0 atom stereocenters. The number of ketones is 1. The van der Waals surface area contributed by atoms with Crippen LogP contribution in [0.15, 0.2) is 71.1 Å². The highest BCUT2D eigenvalue weighted by Gasteiger charge is 2.16. The maximum atomic E-state index is 13.0. The summed E-state index contributed by atoms with van der Waals surface area (Å²) in [6, 6.07) is 15.0. The fraction of sp³-hybridized carbons (Fsp3) is 0.0500. The van der Waals surface area contributed by atoms with Crippen LogP contribution in [0.4, 0.5) is 5.69 Å². The Kier molecular flexibility index (Phi) is 4.54. The molecule has 2 aromatic heterocycles. The van der Waals surface area contributed by atoms with Crippen molar-refractivity contribution in [2.24, 2.45) is 0 Å². The highest BCUT2D eigenvalue weighted by molar-refractivity contribution is 7.17. The molecule has 0 fully saturated rings. The van der Waals surface area contributed by atoms with Crippen molar-refractivity contribution in [3.63, 3.8) is 0 Å². The summed E-state index contributed by atoms with van der Waals surface area (Å²) < 4.78 is 1.24. The van der Waals surface area contributed by atoms with Gasteiger partial charge in [-0.25, -0.2) is 4.98 Å². The Morgan fingerprint density at radius 1 is 1.14 bits per heavy atom. The van der Waals surface area contributed by atoms with E-state index in [0.717, 1.165) is 11.1 Å². The van der Waals surface area contributed by atoms with E-state index < -0.39 is 10.7 Å². The van der Waals surface area contributed by atoms with Crippen molar-refractivity contribution in [1.29, 1.82) is 0 Å². The molecular weight excluding hydrogens is 378 g/mol. The molecule has 0 amide bonds. The highest BCUT2D eigenvalue weighted by Crippen LogP contribution is 2.30. The van der Waals surface area contributed by atoms with Gasteiger partial charge in [0.2, 0.25) is 0 Å². The summed E-state index contributed by atoms with van der Waals surface area (Å²) in [6.07, 6.45) is 1.34. The third-order valence-electron chi connectivity index (χ3n) is 4.34. The molecule has 0 radical (unpaired) electrons. The molecule has 0 unspecified atom stereocenters. The van der Waals surface area contributed by atoms with Gasteiger partial charge in [0.15, 0.2) is 5.78 Å². The standard InChI is InChI=1S/C20H13N3O4S/c24-17(14-7-4-8-15(9-14)23(26)27)10-22-12-21-19-18(20(22)25)16(11-28-19)13-5-2-1-3-6-13/h1-9,11-12H,10H2.